The number of benzene rings is 1. The molecular formula is C19H26FN3O3. The highest BCUT2D eigenvalue weighted by molar-refractivity contribution is 5.98. The second-order valence-electron chi connectivity index (χ2n) is 8.07. The highest BCUT2D eigenvalue weighted by Gasteiger charge is 2.35. The van der Waals surface area contributed by atoms with Crippen molar-refractivity contribution in [2.24, 2.45) is 0 Å². The second-order valence-corrected chi connectivity index (χ2v) is 8.07. The molecule has 1 aromatic carbocycles. The average molecular weight is 363 g/mol. The highest BCUT2D eigenvalue weighted by atomic mass is 19.1. The number of nitrogens with zero attached hydrogens (tertiary/aromatic N) is 2. The van der Waals surface area contributed by atoms with E-state index in [2.05, 4.69) is 5.32 Å². The molecule has 1 saturated heterocycles. The Labute approximate surface area is 153 Å². The molecule has 2 aliphatic rings. The van der Waals surface area contributed by atoms with Crippen molar-refractivity contribution in [3.63, 3.8) is 0 Å². The normalized spacial score (nSPS) is 23.2. The van der Waals surface area contributed by atoms with E-state index in [9.17, 15) is 14.0 Å². The molecule has 2 aliphatic heterocycles. The Morgan fingerprint density at radius 2 is 2.12 bits per heavy atom. The van der Waals surface area contributed by atoms with Crippen LogP contribution in [0.2, 0.25) is 0 Å². The van der Waals surface area contributed by atoms with Crippen molar-refractivity contribution in [1.29, 1.82) is 0 Å². The van der Waals surface area contributed by atoms with E-state index >= 15 is 0 Å². The lowest BCUT2D eigenvalue weighted by atomic mass is 10.1. The molecular weight excluding hydrogens is 337 g/mol. The lowest BCUT2D eigenvalue weighted by Crippen LogP contribution is -2.60. The van der Waals surface area contributed by atoms with Crippen LogP contribution in [0, 0.1) is 5.82 Å². The van der Waals surface area contributed by atoms with Gasteiger partial charge in [0.25, 0.3) is 5.91 Å². The van der Waals surface area contributed by atoms with Gasteiger partial charge in [0.1, 0.15) is 11.4 Å². The number of carbonyl (C=O) groups excluding carboxylic acids is 2. The van der Waals surface area contributed by atoms with E-state index in [1.54, 1.807) is 15.9 Å². The number of fused-ring (bicyclic) bond motifs is 1. The third-order valence-electron chi connectivity index (χ3n) is 4.67. The Kier molecular flexibility index (Phi) is 4.92. The van der Waals surface area contributed by atoms with Crippen LogP contribution in [-0.4, -0.2) is 59.1 Å². The fraction of sp³-hybridized carbons (Fsp3) is 0.579. The number of piperazine rings is 1. The van der Waals surface area contributed by atoms with Crippen LogP contribution >= 0.6 is 0 Å². The largest absolute Gasteiger partial charge is 0.444 e. The molecule has 2 amide bonds. The Balaban J connectivity index is 1.64. The van der Waals surface area contributed by atoms with Crippen molar-refractivity contribution < 1.29 is 18.7 Å². The van der Waals surface area contributed by atoms with Gasteiger partial charge in [-0.1, -0.05) is 6.07 Å². The fourth-order valence-corrected chi connectivity index (χ4v) is 3.37. The number of nitrogens with one attached hydrogen (secondary N) is 1. The molecule has 0 saturated carbocycles. The summed E-state index contributed by atoms with van der Waals surface area (Å²) in [6.45, 7) is 9.51. The number of amides is 2. The summed E-state index contributed by atoms with van der Waals surface area (Å²) in [6, 6.07) is 4.29. The number of hydrogen-bond acceptors (Lipinski definition) is 4. The van der Waals surface area contributed by atoms with E-state index in [0.29, 0.717) is 31.7 Å². The van der Waals surface area contributed by atoms with Gasteiger partial charge in [-0.25, -0.2) is 9.18 Å². The first kappa shape index (κ1) is 18.6. The van der Waals surface area contributed by atoms with E-state index in [0.717, 1.165) is 5.56 Å². The first-order chi connectivity index (χ1) is 12.1. The zero-order valence-electron chi connectivity index (χ0n) is 15.7. The van der Waals surface area contributed by atoms with Gasteiger partial charge in [0.2, 0.25) is 0 Å². The summed E-state index contributed by atoms with van der Waals surface area (Å²) >= 11 is 0. The van der Waals surface area contributed by atoms with Crippen molar-refractivity contribution in [2.45, 2.75) is 51.9 Å². The number of ether oxygens (including phenoxy) is 1. The zero-order valence-corrected chi connectivity index (χ0v) is 15.7. The van der Waals surface area contributed by atoms with Gasteiger partial charge in [-0.3, -0.25) is 4.79 Å². The first-order valence-electron chi connectivity index (χ1n) is 8.95. The molecule has 0 spiro atoms. The summed E-state index contributed by atoms with van der Waals surface area (Å²) in [5.74, 6) is -0.566. The van der Waals surface area contributed by atoms with Crippen LogP contribution in [-0.2, 0) is 11.3 Å². The third kappa shape index (κ3) is 3.98. The molecule has 1 aromatic rings. The molecule has 1 fully saturated rings. The Morgan fingerprint density at radius 1 is 1.38 bits per heavy atom. The van der Waals surface area contributed by atoms with E-state index < -0.39 is 11.4 Å². The smallest absolute Gasteiger partial charge is 0.410 e. The van der Waals surface area contributed by atoms with Gasteiger partial charge >= 0.3 is 6.09 Å². The Hall–Kier alpha value is -2.15. The standard InChI is InChI=1S/C19H26FN3O3/c1-12-8-21-15(11-23(12)18(25)26-19(2,3)4)10-22-9-13-5-6-14(20)7-16(13)17(22)24/h5-7,12,15,21H,8-11H2,1-4H3/t12-,15+/m1/s1. The van der Waals surface area contributed by atoms with Crippen LogP contribution in [0.4, 0.5) is 9.18 Å². The molecule has 0 aromatic heterocycles. The average Bonchev–Trinajstić information content (AvgIpc) is 2.83. The molecule has 0 radical (unpaired) electrons. The van der Waals surface area contributed by atoms with Crippen molar-refractivity contribution in [3.8, 4) is 0 Å². The van der Waals surface area contributed by atoms with Crippen LogP contribution < -0.4 is 5.32 Å². The third-order valence-corrected chi connectivity index (χ3v) is 4.67. The van der Waals surface area contributed by atoms with Gasteiger partial charge in [0.05, 0.1) is 0 Å². The molecule has 3 rings (SSSR count). The minimum atomic E-state index is -0.548. The molecule has 6 nitrogen and oxygen atoms in total. The van der Waals surface area contributed by atoms with E-state index in [4.69, 9.17) is 4.74 Å². The van der Waals surface area contributed by atoms with Gasteiger partial charge in [0.15, 0.2) is 0 Å². The second kappa shape index (κ2) is 6.87. The van der Waals surface area contributed by atoms with Gasteiger partial charge in [0, 0.05) is 43.8 Å². The molecule has 1 N–H and O–H groups in total. The summed E-state index contributed by atoms with van der Waals surface area (Å²) in [7, 11) is 0. The highest BCUT2D eigenvalue weighted by Crippen LogP contribution is 2.24. The number of carbonyl (C=O) groups is 2. The van der Waals surface area contributed by atoms with E-state index in [1.165, 1.54) is 12.1 Å². The van der Waals surface area contributed by atoms with Gasteiger partial charge < -0.3 is 19.9 Å². The minimum Gasteiger partial charge on any atom is -0.444 e. The van der Waals surface area contributed by atoms with Crippen LogP contribution in [0.3, 0.4) is 0 Å². The maximum absolute atomic E-state index is 13.4. The van der Waals surface area contributed by atoms with Crippen LogP contribution in [0.25, 0.3) is 0 Å². The van der Waals surface area contributed by atoms with Crippen LogP contribution in [0.1, 0.15) is 43.6 Å². The summed E-state index contributed by atoms with van der Waals surface area (Å²) in [5.41, 5.74) is 0.719. The number of hydrogen-bond donors (Lipinski definition) is 1. The lowest BCUT2D eigenvalue weighted by molar-refractivity contribution is 0.00817. The summed E-state index contributed by atoms with van der Waals surface area (Å²) in [6.07, 6.45) is -0.338. The van der Waals surface area contributed by atoms with E-state index in [-0.39, 0.29) is 24.1 Å². The molecule has 2 heterocycles. The van der Waals surface area contributed by atoms with E-state index in [1.807, 2.05) is 27.7 Å². The SMILES string of the molecule is C[C@@H]1CN[C@@H](CN2Cc3ccc(F)cc3C2=O)CN1C(=O)OC(C)(C)C. The molecule has 26 heavy (non-hydrogen) atoms. The molecule has 2 atom stereocenters. The lowest BCUT2D eigenvalue weighted by Gasteiger charge is -2.40. The quantitative estimate of drug-likeness (QED) is 0.876. The van der Waals surface area contributed by atoms with Crippen molar-refractivity contribution >= 4 is 12.0 Å². The molecule has 0 unspecified atom stereocenters. The maximum atomic E-state index is 13.4. The Morgan fingerprint density at radius 3 is 2.81 bits per heavy atom. The van der Waals surface area contributed by atoms with Crippen molar-refractivity contribution in [2.75, 3.05) is 19.6 Å². The fourth-order valence-electron chi connectivity index (χ4n) is 3.37. The number of halogens is 1. The monoisotopic (exact) mass is 363 g/mol. The molecule has 0 bridgehead atoms. The predicted molar refractivity (Wildman–Crippen MR) is 95.3 cm³/mol. The first-order valence-corrected chi connectivity index (χ1v) is 8.95. The van der Waals surface area contributed by atoms with Crippen LogP contribution in [0.5, 0.6) is 0 Å². The predicted octanol–water partition coefficient (Wildman–Crippen LogP) is 2.38. The minimum absolute atomic E-state index is 0.0154. The molecule has 0 aliphatic carbocycles. The van der Waals surface area contributed by atoms with Gasteiger partial charge in [-0.2, -0.15) is 0 Å². The molecule has 142 valence electrons. The Bertz CT molecular complexity index is 716. The topological polar surface area (TPSA) is 61.9 Å². The summed E-state index contributed by atoms with van der Waals surface area (Å²) in [4.78, 5) is 28.4. The summed E-state index contributed by atoms with van der Waals surface area (Å²) in [5, 5.41) is 3.38. The van der Waals surface area contributed by atoms with Crippen LogP contribution in [0.15, 0.2) is 18.2 Å². The zero-order chi connectivity index (χ0) is 19.1. The summed E-state index contributed by atoms with van der Waals surface area (Å²) < 4.78 is 18.9. The maximum Gasteiger partial charge on any atom is 0.410 e. The van der Waals surface area contributed by atoms with Gasteiger partial charge in [-0.15, -0.1) is 0 Å². The van der Waals surface area contributed by atoms with Crippen molar-refractivity contribution in [3.05, 3.63) is 35.1 Å². The molecule has 7 heteroatoms. The van der Waals surface area contributed by atoms with Gasteiger partial charge in [-0.05, 0) is 45.4 Å². The number of rotatable bonds is 2. The van der Waals surface area contributed by atoms with Crippen molar-refractivity contribution in [1.82, 2.24) is 15.1 Å².